The molecule has 4 N–H and O–H groups in total. The van der Waals surface area contributed by atoms with Crippen molar-refractivity contribution in [3.63, 3.8) is 0 Å². The van der Waals surface area contributed by atoms with Crippen LogP contribution in [0.3, 0.4) is 0 Å². The van der Waals surface area contributed by atoms with E-state index in [4.69, 9.17) is 17.3 Å². The van der Waals surface area contributed by atoms with Gasteiger partial charge in [-0.2, -0.15) is 0 Å². The number of hydrogen-bond acceptors (Lipinski definition) is 6. The van der Waals surface area contributed by atoms with E-state index in [1.54, 1.807) is 18.3 Å². The van der Waals surface area contributed by atoms with Gasteiger partial charge in [-0.25, -0.2) is 4.98 Å². The number of hydrogen-bond donors (Lipinski definition) is 3. The van der Waals surface area contributed by atoms with Gasteiger partial charge in [0.05, 0.1) is 12.6 Å². The van der Waals surface area contributed by atoms with Gasteiger partial charge in [-0.1, -0.05) is 37.6 Å². The zero-order valence-electron chi connectivity index (χ0n) is 16.9. The highest BCUT2D eigenvalue weighted by Crippen LogP contribution is 2.15. The summed E-state index contributed by atoms with van der Waals surface area (Å²) in [6.45, 7) is 7.67. The molecular weight excluding hydrogens is 410 g/mol. The molecular formula is C20H28ClN5O2S. The minimum absolute atomic E-state index is 0.182. The molecule has 0 aliphatic carbocycles. The third-order valence-corrected chi connectivity index (χ3v) is 5.77. The largest absolute Gasteiger partial charge is 0.375 e. The van der Waals surface area contributed by atoms with Gasteiger partial charge in [0.25, 0.3) is 0 Å². The number of carbonyl (C=O) groups is 2. The number of nitrogens with two attached hydrogens (primary N) is 1. The van der Waals surface area contributed by atoms with Crippen LogP contribution in [-0.4, -0.2) is 46.9 Å². The minimum atomic E-state index is -0.718. The monoisotopic (exact) mass is 437 g/mol. The fourth-order valence-electron chi connectivity index (χ4n) is 3.04. The molecule has 9 heteroatoms. The van der Waals surface area contributed by atoms with E-state index in [2.05, 4.69) is 15.6 Å². The average Bonchev–Trinajstić information content (AvgIpc) is 3.11. The van der Waals surface area contributed by atoms with Crippen molar-refractivity contribution >= 4 is 39.9 Å². The predicted molar refractivity (Wildman–Crippen MR) is 118 cm³/mol. The first kappa shape index (κ1) is 23.1. The van der Waals surface area contributed by atoms with Gasteiger partial charge >= 0.3 is 0 Å². The Balaban J connectivity index is 2.11. The average molecular weight is 438 g/mol. The molecule has 0 bridgehead atoms. The van der Waals surface area contributed by atoms with Crippen LogP contribution in [0.15, 0.2) is 30.5 Å². The van der Waals surface area contributed by atoms with Gasteiger partial charge in [-0.05, 0) is 37.7 Å². The fourth-order valence-corrected chi connectivity index (χ4v) is 3.88. The summed E-state index contributed by atoms with van der Waals surface area (Å²) in [7, 11) is 0. The number of anilines is 1. The maximum atomic E-state index is 12.9. The summed E-state index contributed by atoms with van der Waals surface area (Å²) in [5, 5.41) is 6.80. The summed E-state index contributed by atoms with van der Waals surface area (Å²) in [5.41, 5.74) is 6.51. The normalized spacial score (nSPS) is 13.1. The number of benzene rings is 1. The van der Waals surface area contributed by atoms with Gasteiger partial charge < -0.3 is 16.4 Å². The lowest BCUT2D eigenvalue weighted by Gasteiger charge is -2.27. The van der Waals surface area contributed by atoms with Gasteiger partial charge in [0.15, 0.2) is 5.13 Å². The number of amides is 2. The molecule has 0 aliphatic rings. The van der Waals surface area contributed by atoms with E-state index >= 15 is 0 Å². The Hall–Kier alpha value is -2.16. The number of likely N-dealkylation sites (N-methyl/N-ethyl adjacent to an activating group) is 1. The van der Waals surface area contributed by atoms with Crippen molar-refractivity contribution in [2.24, 2.45) is 0 Å². The van der Waals surface area contributed by atoms with Crippen LogP contribution < -0.4 is 16.4 Å². The Bertz CT molecular complexity index is 825. The Morgan fingerprint density at radius 1 is 1.28 bits per heavy atom. The van der Waals surface area contributed by atoms with Crippen molar-refractivity contribution in [2.75, 3.05) is 18.8 Å². The summed E-state index contributed by atoms with van der Waals surface area (Å²) >= 11 is 7.39. The summed E-state index contributed by atoms with van der Waals surface area (Å²) in [4.78, 5) is 32.5. The summed E-state index contributed by atoms with van der Waals surface area (Å²) in [6, 6.07) is 6.23. The highest BCUT2D eigenvalue weighted by atomic mass is 35.5. The highest BCUT2D eigenvalue weighted by molar-refractivity contribution is 7.15. The van der Waals surface area contributed by atoms with E-state index in [0.717, 1.165) is 23.5 Å². The molecule has 0 saturated heterocycles. The van der Waals surface area contributed by atoms with Gasteiger partial charge in [0.2, 0.25) is 11.8 Å². The van der Waals surface area contributed by atoms with Crippen molar-refractivity contribution in [3.05, 3.63) is 45.9 Å². The third-order valence-electron chi connectivity index (χ3n) is 4.71. The molecule has 0 spiro atoms. The molecule has 2 atom stereocenters. The van der Waals surface area contributed by atoms with Crippen LogP contribution in [0.25, 0.3) is 0 Å². The SMILES string of the molecule is CCN(CC)[C@@H](C)C(=O)N[C@@H](Cc1cccc(Cl)c1)C(=O)NCc1cnc(N)s1. The molecule has 29 heavy (non-hydrogen) atoms. The quantitative estimate of drug-likeness (QED) is 0.530. The number of thiazole rings is 1. The van der Waals surface area contributed by atoms with Gasteiger partial charge in [-0.15, -0.1) is 11.3 Å². The van der Waals surface area contributed by atoms with Crippen molar-refractivity contribution < 1.29 is 9.59 Å². The van der Waals surface area contributed by atoms with Crippen LogP contribution in [-0.2, 0) is 22.6 Å². The van der Waals surface area contributed by atoms with Crippen LogP contribution in [0.1, 0.15) is 31.2 Å². The summed E-state index contributed by atoms with van der Waals surface area (Å²) in [6.07, 6.45) is 1.97. The molecule has 158 valence electrons. The van der Waals surface area contributed by atoms with Crippen molar-refractivity contribution in [3.8, 4) is 0 Å². The number of nitrogens with zero attached hydrogens (tertiary/aromatic N) is 2. The van der Waals surface area contributed by atoms with Gasteiger partial charge in [0, 0.05) is 22.5 Å². The molecule has 0 radical (unpaired) electrons. The molecule has 2 aromatic rings. The first-order chi connectivity index (χ1) is 13.8. The van der Waals surface area contributed by atoms with Gasteiger partial charge in [-0.3, -0.25) is 14.5 Å². The van der Waals surface area contributed by atoms with E-state index in [9.17, 15) is 9.59 Å². The van der Waals surface area contributed by atoms with Crippen molar-refractivity contribution in [2.45, 2.75) is 45.8 Å². The Morgan fingerprint density at radius 2 is 2.00 bits per heavy atom. The van der Waals surface area contributed by atoms with E-state index in [1.807, 2.05) is 37.8 Å². The summed E-state index contributed by atoms with van der Waals surface area (Å²) in [5.74, 6) is -0.449. The Kier molecular flexibility index (Phi) is 8.88. The lowest BCUT2D eigenvalue weighted by molar-refractivity contribution is -0.131. The van der Waals surface area contributed by atoms with Crippen molar-refractivity contribution in [1.82, 2.24) is 20.5 Å². The second-order valence-electron chi connectivity index (χ2n) is 6.68. The van der Waals surface area contributed by atoms with Crippen molar-refractivity contribution in [1.29, 1.82) is 0 Å². The third kappa shape index (κ3) is 6.99. The van der Waals surface area contributed by atoms with Crippen LogP contribution >= 0.6 is 22.9 Å². The molecule has 0 unspecified atom stereocenters. The number of carbonyl (C=O) groups excluding carboxylic acids is 2. The lowest BCUT2D eigenvalue weighted by atomic mass is 10.0. The van der Waals surface area contributed by atoms with E-state index in [0.29, 0.717) is 23.1 Å². The number of nitrogen functional groups attached to an aromatic ring is 1. The molecule has 0 saturated carbocycles. The molecule has 0 aliphatic heterocycles. The maximum Gasteiger partial charge on any atom is 0.243 e. The zero-order chi connectivity index (χ0) is 21.4. The number of rotatable bonds is 10. The second kappa shape index (κ2) is 11.1. The predicted octanol–water partition coefficient (Wildman–Crippen LogP) is 2.45. The van der Waals surface area contributed by atoms with Crippen LogP contribution in [0.5, 0.6) is 0 Å². The first-order valence-corrected chi connectivity index (χ1v) is 10.8. The summed E-state index contributed by atoms with van der Waals surface area (Å²) < 4.78 is 0. The number of halogens is 1. The highest BCUT2D eigenvalue weighted by Gasteiger charge is 2.26. The maximum absolute atomic E-state index is 12.9. The smallest absolute Gasteiger partial charge is 0.243 e. The molecule has 1 aromatic heterocycles. The minimum Gasteiger partial charge on any atom is -0.375 e. The number of aromatic nitrogens is 1. The van der Waals surface area contributed by atoms with Gasteiger partial charge in [0.1, 0.15) is 6.04 Å². The van der Waals surface area contributed by atoms with E-state index in [1.165, 1.54) is 11.3 Å². The fraction of sp³-hybridized carbons (Fsp3) is 0.450. The molecule has 2 amide bonds. The molecule has 1 aromatic carbocycles. The van der Waals surface area contributed by atoms with Crippen LogP contribution in [0, 0.1) is 0 Å². The zero-order valence-corrected chi connectivity index (χ0v) is 18.5. The Morgan fingerprint density at radius 3 is 2.59 bits per heavy atom. The topological polar surface area (TPSA) is 100 Å². The molecule has 7 nitrogen and oxygen atoms in total. The van der Waals surface area contributed by atoms with E-state index < -0.39 is 6.04 Å². The molecule has 2 rings (SSSR count). The molecule has 1 heterocycles. The first-order valence-electron chi connectivity index (χ1n) is 9.60. The molecule has 0 fully saturated rings. The Labute approximate surface area is 180 Å². The second-order valence-corrected chi connectivity index (χ2v) is 8.26. The number of nitrogens with one attached hydrogen (secondary N) is 2. The standard InChI is InChI=1S/C20H28ClN5O2S/c1-4-26(5-2)13(3)18(27)25-17(10-14-7-6-8-15(21)9-14)19(28)23-11-16-12-24-20(22)29-16/h6-9,12-13,17H,4-5,10-11H2,1-3H3,(H2,22,24)(H,23,28)(H,25,27)/t13-,17-/m0/s1. The van der Waals surface area contributed by atoms with Crippen LogP contribution in [0.2, 0.25) is 5.02 Å². The van der Waals surface area contributed by atoms with Crippen LogP contribution in [0.4, 0.5) is 5.13 Å². The lowest BCUT2D eigenvalue weighted by Crippen LogP contribution is -2.53. The van der Waals surface area contributed by atoms with E-state index in [-0.39, 0.29) is 17.9 Å².